The highest BCUT2D eigenvalue weighted by Gasteiger charge is 2.18. The van der Waals surface area contributed by atoms with E-state index in [9.17, 15) is 5.11 Å². The van der Waals surface area contributed by atoms with Gasteiger partial charge in [-0.05, 0) is 25.8 Å². The molecule has 2 unspecified atom stereocenters. The second kappa shape index (κ2) is 5.15. The second-order valence-corrected chi connectivity index (χ2v) is 3.77. The van der Waals surface area contributed by atoms with Gasteiger partial charge in [0, 0.05) is 6.20 Å². The standard InChI is InChI=1S/C11H20N2O/c1-4-6-11(14)10(5-2)13-8-7-9(3)12-13/h7-8,10-11,14H,4-6H2,1-3H3. The summed E-state index contributed by atoms with van der Waals surface area (Å²) in [5.41, 5.74) is 1.01. The highest BCUT2D eigenvalue weighted by atomic mass is 16.3. The van der Waals surface area contributed by atoms with Crippen LogP contribution in [0.15, 0.2) is 12.3 Å². The van der Waals surface area contributed by atoms with Crippen LogP contribution in [0.4, 0.5) is 0 Å². The van der Waals surface area contributed by atoms with Gasteiger partial charge in [-0.2, -0.15) is 5.10 Å². The van der Waals surface area contributed by atoms with Crippen molar-refractivity contribution in [1.82, 2.24) is 9.78 Å². The van der Waals surface area contributed by atoms with E-state index >= 15 is 0 Å². The van der Waals surface area contributed by atoms with E-state index in [1.165, 1.54) is 0 Å². The van der Waals surface area contributed by atoms with Gasteiger partial charge in [0.2, 0.25) is 0 Å². The van der Waals surface area contributed by atoms with E-state index in [1.807, 2.05) is 23.9 Å². The lowest BCUT2D eigenvalue weighted by Gasteiger charge is -2.21. The number of rotatable bonds is 5. The Morgan fingerprint density at radius 2 is 2.21 bits per heavy atom. The second-order valence-electron chi connectivity index (χ2n) is 3.77. The van der Waals surface area contributed by atoms with Crippen LogP contribution in [0.5, 0.6) is 0 Å². The topological polar surface area (TPSA) is 38.0 Å². The summed E-state index contributed by atoms with van der Waals surface area (Å²) in [6.45, 7) is 6.14. The first kappa shape index (κ1) is 11.2. The molecular formula is C11H20N2O. The highest BCUT2D eigenvalue weighted by Crippen LogP contribution is 2.18. The van der Waals surface area contributed by atoms with Crippen LogP contribution in [0.2, 0.25) is 0 Å². The molecule has 1 heterocycles. The van der Waals surface area contributed by atoms with Crippen molar-refractivity contribution in [2.75, 3.05) is 0 Å². The van der Waals surface area contributed by atoms with Crippen LogP contribution in [0.1, 0.15) is 44.8 Å². The average molecular weight is 196 g/mol. The van der Waals surface area contributed by atoms with E-state index < -0.39 is 0 Å². The normalized spacial score (nSPS) is 15.4. The van der Waals surface area contributed by atoms with Gasteiger partial charge >= 0.3 is 0 Å². The molecule has 0 fully saturated rings. The number of aryl methyl sites for hydroxylation is 1. The molecule has 0 spiro atoms. The molecule has 14 heavy (non-hydrogen) atoms. The molecule has 0 aromatic carbocycles. The van der Waals surface area contributed by atoms with Gasteiger partial charge in [0.25, 0.3) is 0 Å². The molecule has 3 nitrogen and oxygen atoms in total. The van der Waals surface area contributed by atoms with Gasteiger partial charge in [-0.3, -0.25) is 4.68 Å². The Morgan fingerprint density at radius 1 is 1.50 bits per heavy atom. The summed E-state index contributed by atoms with van der Waals surface area (Å²) >= 11 is 0. The van der Waals surface area contributed by atoms with Crippen molar-refractivity contribution in [3.8, 4) is 0 Å². The molecule has 1 rings (SSSR count). The van der Waals surface area contributed by atoms with E-state index in [-0.39, 0.29) is 12.1 Å². The fourth-order valence-electron chi connectivity index (χ4n) is 1.74. The predicted octanol–water partition coefficient (Wildman–Crippen LogP) is 2.30. The maximum absolute atomic E-state index is 9.91. The first-order valence-corrected chi connectivity index (χ1v) is 5.38. The first-order valence-electron chi connectivity index (χ1n) is 5.38. The monoisotopic (exact) mass is 196 g/mol. The van der Waals surface area contributed by atoms with Gasteiger partial charge in [0.05, 0.1) is 17.8 Å². The van der Waals surface area contributed by atoms with Crippen molar-refractivity contribution in [1.29, 1.82) is 0 Å². The Morgan fingerprint density at radius 3 is 2.64 bits per heavy atom. The molecule has 1 aromatic heterocycles. The first-order chi connectivity index (χ1) is 6.69. The third-order valence-electron chi connectivity index (χ3n) is 2.53. The molecule has 3 heteroatoms. The van der Waals surface area contributed by atoms with Crippen LogP contribution in [0, 0.1) is 6.92 Å². The van der Waals surface area contributed by atoms with Crippen LogP contribution >= 0.6 is 0 Å². The van der Waals surface area contributed by atoms with Crippen molar-refractivity contribution in [3.05, 3.63) is 18.0 Å². The van der Waals surface area contributed by atoms with E-state index in [4.69, 9.17) is 0 Å². The van der Waals surface area contributed by atoms with Crippen LogP contribution in [-0.2, 0) is 0 Å². The smallest absolute Gasteiger partial charge is 0.0775 e. The molecule has 1 aromatic rings. The number of hydrogen-bond acceptors (Lipinski definition) is 2. The molecule has 0 aliphatic rings. The third kappa shape index (κ3) is 2.58. The van der Waals surface area contributed by atoms with E-state index in [0.717, 1.165) is 25.0 Å². The zero-order valence-electron chi connectivity index (χ0n) is 9.27. The largest absolute Gasteiger partial charge is 0.391 e. The van der Waals surface area contributed by atoms with Crippen LogP contribution in [0.3, 0.4) is 0 Å². The van der Waals surface area contributed by atoms with Crippen molar-refractivity contribution in [2.45, 2.75) is 52.2 Å². The minimum atomic E-state index is -0.274. The summed E-state index contributed by atoms with van der Waals surface area (Å²) in [5, 5.41) is 14.3. The molecule has 0 aliphatic carbocycles. The van der Waals surface area contributed by atoms with Gasteiger partial charge in [-0.25, -0.2) is 0 Å². The lowest BCUT2D eigenvalue weighted by molar-refractivity contribution is 0.0940. The Hall–Kier alpha value is -0.830. The number of nitrogens with zero attached hydrogens (tertiary/aromatic N) is 2. The number of aromatic nitrogens is 2. The van der Waals surface area contributed by atoms with E-state index in [2.05, 4.69) is 18.9 Å². The number of hydrogen-bond donors (Lipinski definition) is 1. The number of aliphatic hydroxyl groups is 1. The summed E-state index contributed by atoms with van der Waals surface area (Å²) < 4.78 is 1.88. The van der Waals surface area contributed by atoms with Gasteiger partial charge in [-0.1, -0.05) is 20.3 Å². The minimum absolute atomic E-state index is 0.128. The van der Waals surface area contributed by atoms with Gasteiger partial charge < -0.3 is 5.11 Å². The number of aliphatic hydroxyl groups excluding tert-OH is 1. The summed E-state index contributed by atoms with van der Waals surface area (Å²) in [6.07, 6.45) is 4.45. The molecule has 1 N–H and O–H groups in total. The highest BCUT2D eigenvalue weighted by molar-refractivity contribution is 4.96. The van der Waals surface area contributed by atoms with Gasteiger partial charge in [-0.15, -0.1) is 0 Å². The summed E-state index contributed by atoms with van der Waals surface area (Å²) in [6, 6.07) is 2.10. The Labute approximate surface area is 85.8 Å². The van der Waals surface area contributed by atoms with E-state index in [0.29, 0.717) is 0 Å². The zero-order chi connectivity index (χ0) is 10.6. The molecule has 80 valence electrons. The van der Waals surface area contributed by atoms with Crippen molar-refractivity contribution >= 4 is 0 Å². The molecule has 0 aliphatic heterocycles. The summed E-state index contributed by atoms with van der Waals surface area (Å²) in [4.78, 5) is 0. The SMILES string of the molecule is CCCC(O)C(CC)n1ccc(C)n1. The minimum Gasteiger partial charge on any atom is -0.391 e. The molecule has 2 atom stereocenters. The predicted molar refractivity (Wildman–Crippen MR) is 57.2 cm³/mol. The molecular weight excluding hydrogens is 176 g/mol. The van der Waals surface area contributed by atoms with Crippen LogP contribution in [-0.4, -0.2) is 21.0 Å². The fraction of sp³-hybridized carbons (Fsp3) is 0.727. The summed E-state index contributed by atoms with van der Waals surface area (Å²) in [5.74, 6) is 0. The quantitative estimate of drug-likeness (QED) is 0.784. The van der Waals surface area contributed by atoms with Crippen molar-refractivity contribution < 1.29 is 5.11 Å². The van der Waals surface area contributed by atoms with Crippen molar-refractivity contribution in [2.24, 2.45) is 0 Å². The van der Waals surface area contributed by atoms with Gasteiger partial charge in [0.15, 0.2) is 0 Å². The maximum Gasteiger partial charge on any atom is 0.0775 e. The Kier molecular flexibility index (Phi) is 4.14. The lowest BCUT2D eigenvalue weighted by Crippen LogP contribution is -2.24. The van der Waals surface area contributed by atoms with E-state index in [1.54, 1.807) is 0 Å². The third-order valence-corrected chi connectivity index (χ3v) is 2.53. The molecule has 0 radical (unpaired) electrons. The van der Waals surface area contributed by atoms with Crippen molar-refractivity contribution in [3.63, 3.8) is 0 Å². The molecule has 0 saturated carbocycles. The summed E-state index contributed by atoms with van der Waals surface area (Å²) in [7, 11) is 0. The fourth-order valence-corrected chi connectivity index (χ4v) is 1.74. The van der Waals surface area contributed by atoms with Gasteiger partial charge in [0.1, 0.15) is 0 Å². The van der Waals surface area contributed by atoms with Crippen LogP contribution in [0.25, 0.3) is 0 Å². The molecule has 0 amide bonds. The maximum atomic E-state index is 9.91. The Bertz CT molecular complexity index is 270. The van der Waals surface area contributed by atoms with Crippen LogP contribution < -0.4 is 0 Å². The average Bonchev–Trinajstić information content (AvgIpc) is 2.54. The lowest BCUT2D eigenvalue weighted by atomic mass is 10.0. The Balaban J connectivity index is 2.71. The zero-order valence-corrected chi connectivity index (χ0v) is 9.27. The molecule has 0 saturated heterocycles. The molecule has 0 bridgehead atoms.